The summed E-state index contributed by atoms with van der Waals surface area (Å²) in [5.41, 5.74) is 3.89. The number of ether oxygens (including phenoxy) is 1. The van der Waals surface area contributed by atoms with E-state index in [1.165, 1.54) is 6.07 Å². The molecule has 3 aromatic rings. The number of piperazine rings is 1. The van der Waals surface area contributed by atoms with Gasteiger partial charge in [0.05, 0.1) is 18.0 Å². The van der Waals surface area contributed by atoms with Gasteiger partial charge in [0.15, 0.2) is 0 Å². The van der Waals surface area contributed by atoms with Crippen LogP contribution in [0.4, 0.5) is 9.18 Å². The first-order valence-corrected chi connectivity index (χ1v) is 11.0. The monoisotopic (exact) mass is 450 g/mol. The molecule has 1 aliphatic rings. The van der Waals surface area contributed by atoms with Gasteiger partial charge in [-0.15, -0.1) is 0 Å². The molecule has 7 nitrogen and oxygen atoms in total. The number of aromatic nitrogens is 2. The van der Waals surface area contributed by atoms with Crippen LogP contribution in [0, 0.1) is 19.7 Å². The Bertz CT molecular complexity index is 1180. The molecule has 2 heterocycles. The van der Waals surface area contributed by atoms with Crippen molar-refractivity contribution in [2.45, 2.75) is 20.8 Å². The fourth-order valence-electron chi connectivity index (χ4n) is 4.03. The maximum Gasteiger partial charge on any atom is 0.409 e. The molecule has 0 N–H and O–H groups in total. The Balaban J connectivity index is 1.69. The summed E-state index contributed by atoms with van der Waals surface area (Å²) in [6.07, 6.45) is -0.369. The molecule has 4 rings (SSSR count). The highest BCUT2D eigenvalue weighted by molar-refractivity contribution is 5.94. The molecule has 1 aliphatic heterocycles. The maximum absolute atomic E-state index is 14.5. The van der Waals surface area contributed by atoms with Crippen LogP contribution in [-0.4, -0.2) is 64.4 Å². The predicted molar refractivity (Wildman–Crippen MR) is 123 cm³/mol. The van der Waals surface area contributed by atoms with E-state index in [9.17, 15) is 14.0 Å². The summed E-state index contributed by atoms with van der Waals surface area (Å²) in [6, 6.07) is 13.9. The largest absolute Gasteiger partial charge is 0.450 e. The number of aryl methyl sites for hydroxylation is 2. The molecular formula is C25H27FN4O3. The van der Waals surface area contributed by atoms with E-state index < -0.39 is 5.82 Å². The van der Waals surface area contributed by atoms with Gasteiger partial charge in [0.1, 0.15) is 11.5 Å². The SMILES string of the molecule is CCOC(=O)N1CCN(C(=O)c2cc(-c3ccccc3F)nn2-c2ccc(C)cc2C)CC1. The lowest BCUT2D eigenvalue weighted by Gasteiger charge is -2.34. The zero-order valence-corrected chi connectivity index (χ0v) is 19.0. The van der Waals surface area contributed by atoms with Gasteiger partial charge in [0.25, 0.3) is 5.91 Å². The first-order valence-electron chi connectivity index (χ1n) is 11.0. The zero-order valence-electron chi connectivity index (χ0n) is 19.0. The van der Waals surface area contributed by atoms with Crippen molar-refractivity contribution in [3.63, 3.8) is 0 Å². The van der Waals surface area contributed by atoms with E-state index >= 15 is 0 Å². The molecule has 1 saturated heterocycles. The number of hydrogen-bond acceptors (Lipinski definition) is 4. The molecule has 8 heteroatoms. The highest BCUT2D eigenvalue weighted by Crippen LogP contribution is 2.26. The average molecular weight is 451 g/mol. The first-order chi connectivity index (χ1) is 15.9. The Hall–Kier alpha value is -3.68. The average Bonchev–Trinajstić information content (AvgIpc) is 3.24. The molecule has 0 aliphatic carbocycles. The van der Waals surface area contributed by atoms with Gasteiger partial charge in [-0.3, -0.25) is 4.79 Å². The highest BCUT2D eigenvalue weighted by atomic mass is 19.1. The van der Waals surface area contributed by atoms with Gasteiger partial charge < -0.3 is 14.5 Å². The molecule has 0 spiro atoms. The third kappa shape index (κ3) is 4.60. The van der Waals surface area contributed by atoms with E-state index in [0.717, 1.165) is 16.8 Å². The maximum atomic E-state index is 14.5. The van der Waals surface area contributed by atoms with E-state index in [1.807, 2.05) is 32.0 Å². The standard InChI is InChI=1S/C25H27FN4O3/c1-4-33-25(32)29-13-11-28(12-14-29)24(31)23-16-21(19-7-5-6-8-20(19)26)27-30(23)22-10-9-17(2)15-18(22)3/h5-10,15-16H,4,11-14H2,1-3H3. The van der Waals surface area contributed by atoms with Crippen molar-refractivity contribution in [1.29, 1.82) is 0 Å². The molecule has 1 fully saturated rings. The molecule has 0 radical (unpaired) electrons. The summed E-state index contributed by atoms with van der Waals surface area (Å²) in [6.45, 7) is 7.57. The Kier molecular flexibility index (Phi) is 6.44. The van der Waals surface area contributed by atoms with Crippen LogP contribution in [0.1, 0.15) is 28.5 Å². The number of halogens is 1. The molecule has 0 unspecified atom stereocenters. The number of amides is 2. The Morgan fingerprint density at radius 1 is 1.00 bits per heavy atom. The molecule has 33 heavy (non-hydrogen) atoms. The van der Waals surface area contributed by atoms with Crippen LogP contribution in [0.15, 0.2) is 48.5 Å². The van der Waals surface area contributed by atoms with Crippen LogP contribution in [0.25, 0.3) is 16.9 Å². The summed E-state index contributed by atoms with van der Waals surface area (Å²) >= 11 is 0. The number of hydrogen-bond donors (Lipinski definition) is 0. The van der Waals surface area contributed by atoms with Crippen LogP contribution in [0.5, 0.6) is 0 Å². The van der Waals surface area contributed by atoms with Gasteiger partial charge in [0, 0.05) is 31.7 Å². The Labute approximate surface area is 192 Å². The summed E-state index contributed by atoms with van der Waals surface area (Å²) in [4.78, 5) is 28.8. The van der Waals surface area contributed by atoms with Gasteiger partial charge in [0.2, 0.25) is 0 Å². The highest BCUT2D eigenvalue weighted by Gasteiger charge is 2.29. The number of nitrogens with zero attached hydrogens (tertiary/aromatic N) is 4. The van der Waals surface area contributed by atoms with Gasteiger partial charge in [-0.25, -0.2) is 13.9 Å². The minimum Gasteiger partial charge on any atom is -0.450 e. The van der Waals surface area contributed by atoms with Crippen molar-refractivity contribution in [1.82, 2.24) is 19.6 Å². The lowest BCUT2D eigenvalue weighted by molar-refractivity contribution is 0.0563. The summed E-state index contributed by atoms with van der Waals surface area (Å²) in [5.74, 6) is -0.613. The van der Waals surface area contributed by atoms with E-state index in [4.69, 9.17) is 4.74 Å². The molecular weight excluding hydrogens is 423 g/mol. The minimum atomic E-state index is -0.398. The van der Waals surface area contributed by atoms with Gasteiger partial charge in [-0.05, 0) is 50.6 Å². The summed E-state index contributed by atoms with van der Waals surface area (Å²) < 4.78 is 21.1. The van der Waals surface area contributed by atoms with Gasteiger partial charge in [-0.2, -0.15) is 5.10 Å². The molecule has 0 saturated carbocycles. The molecule has 172 valence electrons. The van der Waals surface area contributed by atoms with Crippen LogP contribution in [0.2, 0.25) is 0 Å². The van der Waals surface area contributed by atoms with Crippen LogP contribution in [0.3, 0.4) is 0 Å². The van der Waals surface area contributed by atoms with E-state index in [0.29, 0.717) is 49.7 Å². The first kappa shape index (κ1) is 22.5. The van der Waals surface area contributed by atoms with Crippen LogP contribution >= 0.6 is 0 Å². The summed E-state index contributed by atoms with van der Waals surface area (Å²) in [5, 5.41) is 4.63. The van der Waals surface area contributed by atoms with Crippen molar-refractivity contribution >= 4 is 12.0 Å². The number of benzene rings is 2. The van der Waals surface area contributed by atoms with Crippen LogP contribution in [-0.2, 0) is 4.74 Å². The van der Waals surface area contributed by atoms with Crippen molar-refractivity contribution in [2.75, 3.05) is 32.8 Å². The smallest absolute Gasteiger partial charge is 0.409 e. The lowest BCUT2D eigenvalue weighted by atomic mass is 10.1. The Morgan fingerprint density at radius 3 is 2.36 bits per heavy atom. The topological polar surface area (TPSA) is 67.7 Å². The Morgan fingerprint density at radius 2 is 1.70 bits per heavy atom. The second kappa shape index (κ2) is 9.44. The molecule has 2 aromatic carbocycles. The van der Waals surface area contributed by atoms with Gasteiger partial charge >= 0.3 is 6.09 Å². The third-order valence-electron chi connectivity index (χ3n) is 5.75. The van der Waals surface area contributed by atoms with Crippen molar-refractivity contribution in [2.24, 2.45) is 0 Å². The number of carbonyl (C=O) groups is 2. The fraction of sp³-hybridized carbons (Fsp3) is 0.320. The predicted octanol–water partition coefficient (Wildman–Crippen LogP) is 4.21. The second-order valence-corrected chi connectivity index (χ2v) is 8.07. The van der Waals surface area contributed by atoms with Crippen LogP contribution < -0.4 is 0 Å². The quantitative estimate of drug-likeness (QED) is 0.597. The fourth-order valence-corrected chi connectivity index (χ4v) is 4.03. The van der Waals surface area contributed by atoms with E-state index in [-0.39, 0.29) is 12.0 Å². The van der Waals surface area contributed by atoms with Crippen molar-refractivity contribution in [3.8, 4) is 16.9 Å². The molecule has 1 aromatic heterocycles. The number of carbonyl (C=O) groups excluding carboxylic acids is 2. The van der Waals surface area contributed by atoms with Crippen molar-refractivity contribution < 1.29 is 18.7 Å². The normalized spacial score (nSPS) is 13.8. The number of rotatable bonds is 4. The summed E-state index contributed by atoms with van der Waals surface area (Å²) in [7, 11) is 0. The zero-order chi connectivity index (χ0) is 23.5. The van der Waals surface area contributed by atoms with Crippen molar-refractivity contribution in [3.05, 3.63) is 71.2 Å². The molecule has 0 atom stereocenters. The molecule has 2 amide bonds. The van der Waals surface area contributed by atoms with Gasteiger partial charge in [-0.1, -0.05) is 29.8 Å². The molecule has 0 bridgehead atoms. The van der Waals surface area contributed by atoms with E-state index in [2.05, 4.69) is 5.10 Å². The lowest BCUT2D eigenvalue weighted by Crippen LogP contribution is -2.51. The second-order valence-electron chi connectivity index (χ2n) is 8.07. The minimum absolute atomic E-state index is 0.214. The third-order valence-corrected chi connectivity index (χ3v) is 5.75. The van der Waals surface area contributed by atoms with E-state index in [1.54, 1.807) is 45.7 Å².